The molecule has 0 aliphatic carbocycles. The van der Waals surface area contributed by atoms with Crippen molar-refractivity contribution in [3.8, 4) is 11.5 Å². The van der Waals surface area contributed by atoms with Crippen LogP contribution in [0.25, 0.3) is 10.9 Å². The van der Waals surface area contributed by atoms with Gasteiger partial charge in [-0.1, -0.05) is 19.1 Å². The molecule has 2 aromatic carbocycles. The normalized spacial score (nSPS) is 17.5. The molecule has 1 aliphatic rings. The Morgan fingerprint density at radius 1 is 1.24 bits per heavy atom. The van der Waals surface area contributed by atoms with E-state index >= 15 is 13.2 Å². The Labute approximate surface area is 219 Å². The molecular weight excluding hydrogens is 501 g/mol. The van der Waals surface area contributed by atoms with Crippen LogP contribution in [-0.2, 0) is 15.4 Å². The predicted octanol–water partition coefficient (Wildman–Crippen LogP) is 4.27. The molecule has 2 heterocycles. The zero-order valence-electron chi connectivity index (χ0n) is 22.2. The van der Waals surface area contributed by atoms with Gasteiger partial charge in [0.05, 0.1) is 36.8 Å². The monoisotopic (exact) mass is 534 g/mol. The topological polar surface area (TPSA) is 92.0 Å². The van der Waals surface area contributed by atoms with E-state index in [9.17, 15) is 0 Å². The summed E-state index contributed by atoms with van der Waals surface area (Å²) in [6, 6.07) is 5.66. The van der Waals surface area contributed by atoms with Gasteiger partial charge >= 0.3 is 5.92 Å². The van der Waals surface area contributed by atoms with Gasteiger partial charge in [-0.2, -0.15) is 8.78 Å². The van der Waals surface area contributed by atoms with Gasteiger partial charge in [0.25, 0.3) is 0 Å². The van der Waals surface area contributed by atoms with E-state index in [-0.39, 0.29) is 43.5 Å². The molecule has 2 atom stereocenters. The Bertz CT molecular complexity index is 1310. The van der Waals surface area contributed by atoms with Crippen molar-refractivity contribution in [1.82, 2.24) is 14.9 Å². The van der Waals surface area contributed by atoms with Gasteiger partial charge in [0, 0.05) is 37.7 Å². The number of nitrogen functional groups attached to an aromatic ring is 1. The lowest BCUT2D eigenvalue weighted by Crippen LogP contribution is -2.48. The number of alkyl halides is 2. The number of aryl methyl sites for hydroxylation is 1. The maximum Gasteiger partial charge on any atom is 0.302 e. The number of halogens is 3. The van der Waals surface area contributed by atoms with Crippen molar-refractivity contribution in [2.75, 3.05) is 59.9 Å². The standard InChI is InChI=1S/C27H33F3N4O4/c1-15(17-7-6-8-18(24(17)28)27(29,30)21-14-34(3)9-10-37-21)22-23-19(32-16(2)33-26(23)31)13-20(36-5)25(22)38-12-11-35-4/h6-8,13,15,21H,9-12,14H2,1-5H3,(H2,31,32,33). The highest BCUT2D eigenvalue weighted by Crippen LogP contribution is 2.46. The lowest BCUT2D eigenvalue weighted by molar-refractivity contribution is -0.171. The first-order valence-electron chi connectivity index (χ1n) is 12.3. The molecule has 11 heteroatoms. The maximum absolute atomic E-state index is 16.0. The van der Waals surface area contributed by atoms with Crippen molar-refractivity contribution in [2.24, 2.45) is 0 Å². The lowest BCUT2D eigenvalue weighted by Gasteiger charge is -2.35. The zero-order chi connectivity index (χ0) is 27.6. The number of ether oxygens (including phenoxy) is 4. The summed E-state index contributed by atoms with van der Waals surface area (Å²) in [5.74, 6) is -4.13. The highest BCUT2D eigenvalue weighted by molar-refractivity contribution is 5.95. The molecule has 0 saturated carbocycles. The second-order valence-electron chi connectivity index (χ2n) is 9.39. The van der Waals surface area contributed by atoms with Crippen molar-refractivity contribution in [1.29, 1.82) is 0 Å². The van der Waals surface area contributed by atoms with Gasteiger partial charge in [-0.25, -0.2) is 14.4 Å². The lowest BCUT2D eigenvalue weighted by atomic mass is 9.86. The van der Waals surface area contributed by atoms with Crippen LogP contribution < -0.4 is 15.2 Å². The largest absolute Gasteiger partial charge is 0.493 e. The maximum atomic E-state index is 16.0. The van der Waals surface area contributed by atoms with Crippen LogP contribution in [-0.4, -0.2) is 75.1 Å². The van der Waals surface area contributed by atoms with Crippen LogP contribution in [0.15, 0.2) is 24.3 Å². The van der Waals surface area contributed by atoms with Gasteiger partial charge in [-0.3, -0.25) is 0 Å². The number of rotatable bonds is 9. The number of hydrogen-bond acceptors (Lipinski definition) is 8. The molecule has 1 aliphatic heterocycles. The van der Waals surface area contributed by atoms with E-state index in [1.807, 2.05) is 0 Å². The van der Waals surface area contributed by atoms with Crippen LogP contribution in [0.3, 0.4) is 0 Å². The summed E-state index contributed by atoms with van der Waals surface area (Å²) in [7, 11) is 4.74. The second kappa shape index (κ2) is 11.3. The van der Waals surface area contributed by atoms with E-state index in [1.54, 1.807) is 31.9 Å². The predicted molar refractivity (Wildman–Crippen MR) is 138 cm³/mol. The number of morpholine rings is 1. The molecule has 2 unspecified atom stereocenters. The third kappa shape index (κ3) is 5.23. The number of nitrogens with two attached hydrogens (primary N) is 1. The van der Waals surface area contributed by atoms with E-state index in [1.165, 1.54) is 26.4 Å². The molecular formula is C27H33F3N4O4. The average Bonchev–Trinajstić information content (AvgIpc) is 2.88. The third-order valence-electron chi connectivity index (χ3n) is 6.80. The van der Waals surface area contributed by atoms with Crippen LogP contribution in [0, 0.1) is 12.7 Å². The number of hydrogen-bond donors (Lipinski definition) is 1. The van der Waals surface area contributed by atoms with E-state index < -0.39 is 29.3 Å². The summed E-state index contributed by atoms with van der Waals surface area (Å²) in [6.45, 7) is 4.50. The minimum absolute atomic E-state index is 0.0164. The van der Waals surface area contributed by atoms with Crippen LogP contribution in [0.4, 0.5) is 19.0 Å². The Kier molecular flexibility index (Phi) is 8.29. The fourth-order valence-electron chi connectivity index (χ4n) is 4.84. The fraction of sp³-hybridized carbons (Fsp3) is 0.481. The molecule has 0 radical (unpaired) electrons. The summed E-state index contributed by atoms with van der Waals surface area (Å²) in [5.41, 5.74) is 6.54. The summed E-state index contributed by atoms with van der Waals surface area (Å²) in [4.78, 5) is 10.5. The summed E-state index contributed by atoms with van der Waals surface area (Å²) < 4.78 is 69.3. The Hall–Kier alpha value is -3.15. The molecule has 206 valence electrons. The minimum atomic E-state index is -3.55. The number of aromatic nitrogens is 2. The molecule has 1 fully saturated rings. The first-order valence-corrected chi connectivity index (χ1v) is 12.3. The first kappa shape index (κ1) is 27.9. The number of benzene rings is 2. The average molecular weight is 535 g/mol. The molecule has 2 N–H and O–H groups in total. The summed E-state index contributed by atoms with van der Waals surface area (Å²) in [6.07, 6.45) is -1.47. The van der Waals surface area contributed by atoms with Crippen molar-refractivity contribution < 1.29 is 32.1 Å². The molecule has 0 amide bonds. The number of fused-ring (bicyclic) bond motifs is 1. The van der Waals surface area contributed by atoms with E-state index in [2.05, 4.69) is 9.97 Å². The summed E-state index contributed by atoms with van der Waals surface area (Å²) >= 11 is 0. The Balaban J connectivity index is 1.89. The molecule has 1 saturated heterocycles. The smallest absolute Gasteiger partial charge is 0.302 e. The Morgan fingerprint density at radius 3 is 2.68 bits per heavy atom. The molecule has 3 aromatic rings. The number of anilines is 1. The van der Waals surface area contributed by atoms with Crippen LogP contribution in [0.2, 0.25) is 0 Å². The third-order valence-corrected chi connectivity index (χ3v) is 6.80. The second-order valence-corrected chi connectivity index (χ2v) is 9.39. The molecule has 0 spiro atoms. The van der Waals surface area contributed by atoms with Gasteiger partial charge < -0.3 is 29.6 Å². The molecule has 1 aromatic heterocycles. The molecule has 8 nitrogen and oxygen atoms in total. The van der Waals surface area contributed by atoms with Crippen molar-refractivity contribution in [2.45, 2.75) is 31.8 Å². The molecule has 4 rings (SSSR count). The van der Waals surface area contributed by atoms with Gasteiger partial charge in [0.15, 0.2) is 11.5 Å². The first-order chi connectivity index (χ1) is 18.1. The number of nitrogens with zero attached hydrogens (tertiary/aromatic N) is 3. The van der Waals surface area contributed by atoms with Crippen LogP contribution in [0.1, 0.15) is 35.4 Å². The van der Waals surface area contributed by atoms with Crippen molar-refractivity contribution in [3.05, 3.63) is 52.6 Å². The van der Waals surface area contributed by atoms with Gasteiger partial charge in [0.1, 0.15) is 30.2 Å². The Morgan fingerprint density at radius 2 is 2.00 bits per heavy atom. The van der Waals surface area contributed by atoms with Gasteiger partial charge in [-0.15, -0.1) is 0 Å². The molecule has 0 bridgehead atoms. The van der Waals surface area contributed by atoms with Crippen LogP contribution in [0.5, 0.6) is 11.5 Å². The van der Waals surface area contributed by atoms with E-state index in [0.29, 0.717) is 34.6 Å². The van der Waals surface area contributed by atoms with Gasteiger partial charge in [0.2, 0.25) is 0 Å². The number of likely N-dealkylation sites (N-methyl/N-ethyl adjacent to an activating group) is 1. The molecule has 38 heavy (non-hydrogen) atoms. The SMILES string of the molecule is COCCOc1c(OC)cc2nc(C)nc(N)c2c1C(C)c1cccc(C(F)(F)C2CN(C)CCO2)c1F. The number of methoxy groups -OCH3 is 2. The minimum Gasteiger partial charge on any atom is -0.493 e. The van der Waals surface area contributed by atoms with E-state index in [4.69, 9.17) is 24.7 Å². The quantitative estimate of drug-likeness (QED) is 0.407. The van der Waals surface area contributed by atoms with Gasteiger partial charge in [-0.05, 0) is 25.6 Å². The fourth-order valence-corrected chi connectivity index (χ4v) is 4.84. The highest BCUT2D eigenvalue weighted by Gasteiger charge is 2.46. The summed E-state index contributed by atoms with van der Waals surface area (Å²) in [5, 5.41) is 0.435. The highest BCUT2D eigenvalue weighted by atomic mass is 19.3. The van der Waals surface area contributed by atoms with Crippen LogP contribution >= 0.6 is 0 Å². The van der Waals surface area contributed by atoms with E-state index in [0.717, 1.165) is 6.07 Å². The zero-order valence-corrected chi connectivity index (χ0v) is 22.2. The van der Waals surface area contributed by atoms with Crippen molar-refractivity contribution in [3.63, 3.8) is 0 Å². The van der Waals surface area contributed by atoms with Crippen molar-refractivity contribution >= 4 is 16.7 Å².